The molecule has 4 nitrogen and oxygen atoms in total. The summed E-state index contributed by atoms with van der Waals surface area (Å²) in [4.78, 5) is 17.0. The number of carbonyl (C=O) groups excluding carboxylic acids is 1. The fraction of sp³-hybridized carbons (Fsp3) is 0.0526. The summed E-state index contributed by atoms with van der Waals surface area (Å²) in [5.41, 5.74) is 2.00. The van der Waals surface area contributed by atoms with Crippen LogP contribution in [0.4, 0.5) is 11.5 Å². The standard InChI is InChI=1S/C19H14ClN3OS/c1-21-19(24)13-6-4-5-11-12-9-10-25-17(12)18(23-16(11)13)22-15-8-3-2-7-14(15)20/h2-10H,1H3,(H,21,24)(H,22,23). The molecule has 6 heteroatoms. The van der Waals surface area contributed by atoms with Crippen molar-refractivity contribution >= 4 is 61.3 Å². The maximum absolute atomic E-state index is 12.2. The lowest BCUT2D eigenvalue weighted by atomic mass is 10.1. The van der Waals surface area contributed by atoms with Gasteiger partial charge in [0.15, 0.2) is 0 Å². The van der Waals surface area contributed by atoms with E-state index in [1.165, 1.54) is 0 Å². The van der Waals surface area contributed by atoms with Crippen LogP contribution in [0.15, 0.2) is 53.9 Å². The van der Waals surface area contributed by atoms with Gasteiger partial charge >= 0.3 is 0 Å². The number of thiophene rings is 1. The second-order valence-corrected chi connectivity index (χ2v) is 6.83. The van der Waals surface area contributed by atoms with E-state index in [-0.39, 0.29) is 5.91 Å². The average Bonchev–Trinajstić information content (AvgIpc) is 3.13. The zero-order valence-electron chi connectivity index (χ0n) is 13.3. The molecule has 2 aromatic heterocycles. The Bertz CT molecular complexity index is 1110. The summed E-state index contributed by atoms with van der Waals surface area (Å²) in [5, 5.41) is 10.7. The number of amides is 1. The Labute approximate surface area is 153 Å². The third-order valence-corrected chi connectivity index (χ3v) is 5.28. The van der Waals surface area contributed by atoms with E-state index in [9.17, 15) is 4.79 Å². The maximum Gasteiger partial charge on any atom is 0.253 e. The molecule has 0 aliphatic rings. The zero-order chi connectivity index (χ0) is 17.4. The number of benzene rings is 2. The second-order valence-electron chi connectivity index (χ2n) is 5.51. The fourth-order valence-electron chi connectivity index (χ4n) is 2.84. The number of halogens is 1. The normalized spacial score (nSPS) is 11.0. The number of fused-ring (bicyclic) bond motifs is 3. The van der Waals surface area contributed by atoms with Gasteiger partial charge in [-0.2, -0.15) is 0 Å². The van der Waals surface area contributed by atoms with Crippen LogP contribution in [0.3, 0.4) is 0 Å². The molecule has 0 aliphatic heterocycles. The lowest BCUT2D eigenvalue weighted by Crippen LogP contribution is -2.18. The highest BCUT2D eigenvalue weighted by Crippen LogP contribution is 2.36. The zero-order valence-corrected chi connectivity index (χ0v) is 14.9. The molecule has 4 rings (SSSR count). The summed E-state index contributed by atoms with van der Waals surface area (Å²) in [6.07, 6.45) is 0. The Hall–Kier alpha value is -2.63. The van der Waals surface area contributed by atoms with E-state index in [4.69, 9.17) is 16.6 Å². The number of aromatic nitrogens is 1. The van der Waals surface area contributed by atoms with Gasteiger partial charge in [-0.1, -0.05) is 35.9 Å². The van der Waals surface area contributed by atoms with Crippen molar-refractivity contribution in [1.82, 2.24) is 10.3 Å². The minimum absolute atomic E-state index is 0.156. The molecule has 0 bridgehead atoms. The van der Waals surface area contributed by atoms with Crippen LogP contribution >= 0.6 is 22.9 Å². The van der Waals surface area contributed by atoms with Crippen molar-refractivity contribution in [3.8, 4) is 0 Å². The topological polar surface area (TPSA) is 54.0 Å². The number of hydrogen-bond acceptors (Lipinski definition) is 4. The van der Waals surface area contributed by atoms with Crippen molar-refractivity contribution in [1.29, 1.82) is 0 Å². The minimum Gasteiger partial charge on any atom is -0.355 e. The first kappa shape index (κ1) is 15.9. The Morgan fingerprint density at radius 3 is 2.72 bits per heavy atom. The molecule has 4 aromatic rings. The summed E-state index contributed by atoms with van der Waals surface area (Å²) < 4.78 is 1.03. The van der Waals surface area contributed by atoms with E-state index < -0.39 is 0 Å². The van der Waals surface area contributed by atoms with Crippen LogP contribution < -0.4 is 10.6 Å². The van der Waals surface area contributed by atoms with Gasteiger partial charge in [-0.25, -0.2) is 4.98 Å². The van der Waals surface area contributed by atoms with Crippen molar-refractivity contribution < 1.29 is 4.79 Å². The van der Waals surface area contributed by atoms with Crippen molar-refractivity contribution in [2.75, 3.05) is 12.4 Å². The first-order chi connectivity index (χ1) is 12.2. The lowest BCUT2D eigenvalue weighted by molar-refractivity contribution is 0.0964. The molecule has 1 amide bonds. The van der Waals surface area contributed by atoms with Gasteiger partial charge in [0, 0.05) is 17.8 Å². The van der Waals surface area contributed by atoms with Gasteiger partial charge in [-0.15, -0.1) is 11.3 Å². The van der Waals surface area contributed by atoms with Crippen molar-refractivity contribution in [2.45, 2.75) is 0 Å². The molecular formula is C19H14ClN3OS. The van der Waals surface area contributed by atoms with Gasteiger partial charge in [0.25, 0.3) is 5.91 Å². The van der Waals surface area contributed by atoms with Crippen molar-refractivity contribution in [3.63, 3.8) is 0 Å². The summed E-state index contributed by atoms with van der Waals surface area (Å²) in [5.74, 6) is 0.540. The highest BCUT2D eigenvalue weighted by Gasteiger charge is 2.16. The number of rotatable bonds is 3. The molecule has 0 radical (unpaired) electrons. The van der Waals surface area contributed by atoms with Crippen LogP contribution in [0, 0.1) is 0 Å². The predicted octanol–water partition coefficient (Wildman–Crippen LogP) is 5.21. The first-order valence-electron chi connectivity index (χ1n) is 7.72. The summed E-state index contributed by atoms with van der Waals surface area (Å²) in [6, 6.07) is 15.2. The van der Waals surface area contributed by atoms with Crippen LogP contribution in [0.1, 0.15) is 10.4 Å². The smallest absolute Gasteiger partial charge is 0.253 e. The van der Waals surface area contributed by atoms with Crippen molar-refractivity contribution in [3.05, 3.63) is 64.5 Å². The van der Waals surface area contributed by atoms with Gasteiger partial charge < -0.3 is 10.6 Å². The molecule has 0 unspecified atom stereocenters. The van der Waals surface area contributed by atoms with E-state index in [0.29, 0.717) is 21.9 Å². The summed E-state index contributed by atoms with van der Waals surface area (Å²) in [6.45, 7) is 0. The first-order valence-corrected chi connectivity index (χ1v) is 8.98. The number of anilines is 2. The molecule has 0 aliphatic carbocycles. The van der Waals surface area contributed by atoms with E-state index in [1.54, 1.807) is 24.5 Å². The molecule has 2 N–H and O–H groups in total. The summed E-state index contributed by atoms with van der Waals surface area (Å²) >= 11 is 7.88. The molecule has 0 fully saturated rings. The third-order valence-electron chi connectivity index (χ3n) is 4.03. The Balaban J connectivity index is 1.98. The quantitative estimate of drug-likeness (QED) is 0.523. The molecule has 25 heavy (non-hydrogen) atoms. The van der Waals surface area contributed by atoms with Gasteiger partial charge in [-0.05, 0) is 29.6 Å². The van der Waals surface area contributed by atoms with Gasteiger partial charge in [-0.3, -0.25) is 4.79 Å². The minimum atomic E-state index is -0.156. The third kappa shape index (κ3) is 2.71. The highest BCUT2D eigenvalue weighted by atomic mass is 35.5. The molecule has 0 saturated heterocycles. The lowest BCUT2D eigenvalue weighted by Gasteiger charge is -2.12. The number of para-hydroxylation sites is 2. The molecule has 124 valence electrons. The molecule has 0 saturated carbocycles. The number of hydrogen-bond donors (Lipinski definition) is 2. The summed E-state index contributed by atoms with van der Waals surface area (Å²) in [7, 11) is 1.62. The van der Waals surface area contributed by atoms with Crippen molar-refractivity contribution in [2.24, 2.45) is 0 Å². The van der Waals surface area contributed by atoms with E-state index in [1.807, 2.05) is 41.8 Å². The number of nitrogens with one attached hydrogen (secondary N) is 2. The van der Waals surface area contributed by atoms with E-state index in [0.717, 1.165) is 21.2 Å². The van der Waals surface area contributed by atoms with Crippen LogP contribution in [-0.2, 0) is 0 Å². The Kier molecular flexibility index (Phi) is 4.03. The van der Waals surface area contributed by atoms with Crippen LogP contribution in [0.25, 0.3) is 21.0 Å². The number of nitrogens with zero attached hydrogens (tertiary/aromatic N) is 1. The number of carbonyl (C=O) groups is 1. The molecule has 0 spiro atoms. The van der Waals surface area contributed by atoms with Gasteiger partial charge in [0.1, 0.15) is 5.82 Å². The largest absolute Gasteiger partial charge is 0.355 e. The van der Waals surface area contributed by atoms with Crippen LogP contribution in [0.2, 0.25) is 5.02 Å². The molecule has 2 aromatic carbocycles. The van der Waals surface area contributed by atoms with Crippen LogP contribution in [0.5, 0.6) is 0 Å². The molecule has 0 atom stereocenters. The highest BCUT2D eigenvalue weighted by molar-refractivity contribution is 7.18. The monoisotopic (exact) mass is 367 g/mol. The second kappa shape index (κ2) is 6.35. The molecule has 2 heterocycles. The van der Waals surface area contributed by atoms with Crippen LogP contribution in [-0.4, -0.2) is 17.9 Å². The Morgan fingerprint density at radius 2 is 1.92 bits per heavy atom. The predicted molar refractivity (Wildman–Crippen MR) is 105 cm³/mol. The van der Waals surface area contributed by atoms with E-state index in [2.05, 4.69) is 16.7 Å². The molecular weight excluding hydrogens is 354 g/mol. The van der Waals surface area contributed by atoms with Gasteiger partial charge in [0.05, 0.1) is 26.5 Å². The Morgan fingerprint density at radius 1 is 1.08 bits per heavy atom. The fourth-order valence-corrected chi connectivity index (χ4v) is 3.88. The SMILES string of the molecule is CNC(=O)c1cccc2c1nc(Nc1ccccc1Cl)c1sccc12. The van der Waals surface area contributed by atoms with Gasteiger partial charge in [0.2, 0.25) is 0 Å². The van der Waals surface area contributed by atoms with E-state index >= 15 is 0 Å². The maximum atomic E-state index is 12.2. The number of pyridine rings is 1. The average molecular weight is 368 g/mol.